The van der Waals surface area contributed by atoms with Gasteiger partial charge in [0.15, 0.2) is 0 Å². The summed E-state index contributed by atoms with van der Waals surface area (Å²) in [7, 11) is 6.49. The lowest BCUT2D eigenvalue weighted by atomic mass is 10.3. The molecule has 12 heavy (non-hydrogen) atoms. The van der Waals surface area contributed by atoms with E-state index in [1.165, 1.54) is 5.57 Å². The SMILES string of the molecule is C/C(=C\N(C)C)CN(P)CC=O. The number of carbonyl (C=O) groups excluding carboxylic acids is 1. The molecule has 0 aromatic carbocycles. The molecule has 0 aromatic heterocycles. The van der Waals surface area contributed by atoms with Crippen LogP contribution in [0.3, 0.4) is 0 Å². The van der Waals surface area contributed by atoms with Crippen LogP contribution >= 0.6 is 9.39 Å². The lowest BCUT2D eigenvalue weighted by Crippen LogP contribution is -2.17. The Morgan fingerprint density at radius 1 is 1.50 bits per heavy atom. The van der Waals surface area contributed by atoms with E-state index < -0.39 is 0 Å². The molecule has 0 aliphatic heterocycles. The van der Waals surface area contributed by atoms with Crippen molar-refractivity contribution in [3.63, 3.8) is 0 Å². The quantitative estimate of drug-likeness (QED) is 0.469. The van der Waals surface area contributed by atoms with Crippen LogP contribution in [0.4, 0.5) is 0 Å². The van der Waals surface area contributed by atoms with Gasteiger partial charge in [-0.15, -0.1) is 0 Å². The molecule has 0 bridgehead atoms. The van der Waals surface area contributed by atoms with E-state index in [-0.39, 0.29) is 0 Å². The highest BCUT2D eigenvalue weighted by atomic mass is 31.0. The van der Waals surface area contributed by atoms with Crippen LogP contribution in [0.2, 0.25) is 0 Å². The van der Waals surface area contributed by atoms with Gasteiger partial charge >= 0.3 is 0 Å². The zero-order valence-electron chi connectivity index (χ0n) is 7.95. The number of nitrogens with zero attached hydrogens (tertiary/aromatic N) is 2. The van der Waals surface area contributed by atoms with Crippen LogP contribution in [0, 0.1) is 0 Å². The molecule has 0 aliphatic carbocycles. The molecular formula is C8H17N2OP. The van der Waals surface area contributed by atoms with Gasteiger partial charge in [-0.25, -0.2) is 0 Å². The topological polar surface area (TPSA) is 23.6 Å². The van der Waals surface area contributed by atoms with E-state index in [1.807, 2.05) is 36.8 Å². The highest BCUT2D eigenvalue weighted by Gasteiger charge is 1.97. The Hall–Kier alpha value is -0.400. The maximum Gasteiger partial charge on any atom is 0.134 e. The predicted octanol–water partition coefficient (Wildman–Crippen LogP) is 0.743. The maximum atomic E-state index is 10.1. The smallest absolute Gasteiger partial charge is 0.134 e. The Labute approximate surface area is 76.7 Å². The molecule has 0 spiro atoms. The minimum Gasteiger partial charge on any atom is -0.383 e. The fraction of sp³-hybridized carbons (Fsp3) is 0.625. The van der Waals surface area contributed by atoms with Crippen molar-refractivity contribution < 1.29 is 4.79 Å². The van der Waals surface area contributed by atoms with Crippen molar-refractivity contribution in [1.29, 1.82) is 0 Å². The fourth-order valence-corrected chi connectivity index (χ4v) is 1.34. The van der Waals surface area contributed by atoms with Crippen molar-refractivity contribution in [3.05, 3.63) is 11.8 Å². The van der Waals surface area contributed by atoms with Gasteiger partial charge < -0.3 is 9.69 Å². The monoisotopic (exact) mass is 188 g/mol. The molecule has 4 heteroatoms. The molecule has 3 nitrogen and oxygen atoms in total. The summed E-state index contributed by atoms with van der Waals surface area (Å²) in [5.41, 5.74) is 1.23. The molecule has 0 amide bonds. The van der Waals surface area contributed by atoms with Crippen molar-refractivity contribution in [1.82, 2.24) is 9.57 Å². The molecule has 1 unspecified atom stereocenters. The van der Waals surface area contributed by atoms with Gasteiger partial charge in [0, 0.05) is 20.6 Å². The molecule has 0 radical (unpaired) electrons. The van der Waals surface area contributed by atoms with E-state index in [0.29, 0.717) is 6.54 Å². The molecule has 1 atom stereocenters. The standard InChI is InChI=1S/C8H17N2OP/c1-8(6-9(2)3)7-10(12)4-5-11/h5-6H,4,7,12H2,1-3H3/b8-6+. The summed E-state index contributed by atoms with van der Waals surface area (Å²) in [6, 6.07) is 0. The van der Waals surface area contributed by atoms with Crippen molar-refractivity contribution in [3.8, 4) is 0 Å². The first kappa shape index (κ1) is 11.6. The zero-order valence-corrected chi connectivity index (χ0v) is 9.10. The Bertz CT molecular complexity index is 168. The first-order valence-corrected chi connectivity index (χ1v) is 4.35. The number of hydrogen-bond donors (Lipinski definition) is 0. The van der Waals surface area contributed by atoms with Gasteiger partial charge in [0.2, 0.25) is 0 Å². The molecule has 0 saturated heterocycles. The Balaban J connectivity index is 3.82. The lowest BCUT2D eigenvalue weighted by molar-refractivity contribution is -0.107. The van der Waals surface area contributed by atoms with Gasteiger partial charge in [0.05, 0.1) is 6.54 Å². The van der Waals surface area contributed by atoms with Gasteiger partial charge in [-0.1, -0.05) is 9.39 Å². The molecule has 0 aliphatic rings. The molecule has 0 fully saturated rings. The van der Waals surface area contributed by atoms with Crippen LogP contribution in [0.5, 0.6) is 0 Å². The summed E-state index contributed by atoms with van der Waals surface area (Å²) in [5.74, 6) is 0. The molecular weight excluding hydrogens is 171 g/mol. The van der Waals surface area contributed by atoms with Gasteiger partial charge in [-0.3, -0.25) is 4.67 Å². The molecule has 0 aromatic rings. The first-order chi connectivity index (χ1) is 5.56. The summed E-state index contributed by atoms with van der Waals surface area (Å²) >= 11 is 0. The second-order valence-corrected chi connectivity index (χ2v) is 3.77. The third-order valence-corrected chi connectivity index (χ3v) is 1.63. The van der Waals surface area contributed by atoms with Gasteiger partial charge in [0.25, 0.3) is 0 Å². The third kappa shape index (κ3) is 6.32. The number of rotatable bonds is 5. The molecule has 0 heterocycles. The van der Waals surface area contributed by atoms with Crippen LogP contribution in [-0.4, -0.2) is 43.0 Å². The summed E-state index contributed by atoms with van der Waals surface area (Å²) < 4.78 is 1.89. The summed E-state index contributed by atoms with van der Waals surface area (Å²) in [5, 5.41) is 0. The van der Waals surface area contributed by atoms with Crippen LogP contribution in [0.1, 0.15) is 6.92 Å². The first-order valence-electron chi connectivity index (χ1n) is 3.83. The van der Waals surface area contributed by atoms with E-state index in [9.17, 15) is 4.79 Å². The number of hydrogen-bond acceptors (Lipinski definition) is 3. The van der Waals surface area contributed by atoms with Crippen LogP contribution in [-0.2, 0) is 4.79 Å². The van der Waals surface area contributed by atoms with Gasteiger partial charge in [-0.2, -0.15) is 0 Å². The van der Waals surface area contributed by atoms with E-state index >= 15 is 0 Å². The zero-order chi connectivity index (χ0) is 9.56. The molecule has 0 N–H and O–H groups in total. The van der Waals surface area contributed by atoms with Gasteiger partial charge in [0.1, 0.15) is 6.29 Å². The largest absolute Gasteiger partial charge is 0.383 e. The Morgan fingerprint density at radius 2 is 2.08 bits per heavy atom. The summed E-state index contributed by atoms with van der Waals surface area (Å²) in [6.45, 7) is 3.31. The number of aldehydes is 1. The van der Waals surface area contributed by atoms with Crippen LogP contribution in [0.15, 0.2) is 11.8 Å². The third-order valence-electron chi connectivity index (χ3n) is 1.24. The summed E-state index contributed by atoms with van der Waals surface area (Å²) in [4.78, 5) is 12.1. The second-order valence-electron chi connectivity index (χ2n) is 3.04. The Morgan fingerprint density at radius 3 is 2.50 bits per heavy atom. The van der Waals surface area contributed by atoms with Crippen molar-refractivity contribution in [2.45, 2.75) is 6.92 Å². The fourth-order valence-electron chi connectivity index (χ4n) is 0.962. The highest BCUT2D eigenvalue weighted by Crippen LogP contribution is 2.02. The lowest BCUT2D eigenvalue weighted by Gasteiger charge is -2.14. The average molecular weight is 188 g/mol. The summed E-state index contributed by atoms with van der Waals surface area (Å²) in [6.07, 6.45) is 2.94. The minimum absolute atomic E-state index is 0.462. The van der Waals surface area contributed by atoms with Crippen molar-refractivity contribution in [2.24, 2.45) is 0 Å². The minimum atomic E-state index is 0.462. The maximum absolute atomic E-state index is 10.1. The average Bonchev–Trinajstić information content (AvgIpc) is 1.84. The number of carbonyl (C=O) groups is 1. The normalized spacial score (nSPS) is 11.9. The van der Waals surface area contributed by atoms with Crippen LogP contribution in [0.25, 0.3) is 0 Å². The van der Waals surface area contributed by atoms with Crippen molar-refractivity contribution in [2.75, 3.05) is 27.2 Å². The molecule has 0 saturated carbocycles. The van der Waals surface area contributed by atoms with E-state index in [2.05, 4.69) is 9.39 Å². The van der Waals surface area contributed by atoms with E-state index in [4.69, 9.17) is 0 Å². The molecule has 0 rings (SSSR count). The molecule has 70 valence electrons. The van der Waals surface area contributed by atoms with Crippen molar-refractivity contribution >= 4 is 15.7 Å². The predicted molar refractivity (Wildman–Crippen MR) is 54.8 cm³/mol. The highest BCUT2D eigenvalue weighted by molar-refractivity contribution is 7.13. The van der Waals surface area contributed by atoms with E-state index in [0.717, 1.165) is 12.8 Å². The van der Waals surface area contributed by atoms with E-state index in [1.54, 1.807) is 0 Å². The van der Waals surface area contributed by atoms with Gasteiger partial charge in [-0.05, 0) is 18.7 Å². The van der Waals surface area contributed by atoms with Crippen LogP contribution < -0.4 is 0 Å². The second kappa shape index (κ2) is 6.15. The Kier molecular flexibility index (Phi) is 5.95.